The van der Waals surface area contributed by atoms with Crippen LogP contribution in [0, 0.1) is 0 Å². The van der Waals surface area contributed by atoms with Gasteiger partial charge in [-0.2, -0.15) is 0 Å². The summed E-state index contributed by atoms with van der Waals surface area (Å²) in [6.45, 7) is 0. The second-order valence-corrected chi connectivity index (χ2v) is 16.5. The maximum Gasteiger partial charge on any atom is 0.161 e. The number of aryl methyl sites for hydroxylation is 1. The van der Waals surface area contributed by atoms with Crippen LogP contribution >= 0.6 is 11.3 Å². The van der Waals surface area contributed by atoms with Crippen molar-refractivity contribution in [2.24, 2.45) is 0 Å². The van der Waals surface area contributed by atoms with Gasteiger partial charge in [0.15, 0.2) is 5.82 Å². The Labute approximate surface area is 333 Å². The Hall–Kier alpha value is -6.88. The summed E-state index contributed by atoms with van der Waals surface area (Å²) in [4.78, 5) is 12.4. The largest absolute Gasteiger partial charge is 0.457 e. The molecule has 0 saturated carbocycles. The minimum atomic E-state index is -0.600. The summed E-state index contributed by atoms with van der Waals surface area (Å²) in [5.41, 5.74) is 12.3. The van der Waals surface area contributed by atoms with Crippen LogP contribution in [-0.2, 0) is 11.8 Å². The van der Waals surface area contributed by atoms with Crippen LogP contribution < -0.4 is 4.74 Å². The summed E-state index contributed by atoms with van der Waals surface area (Å²) in [6, 6.07) is 57.4. The van der Waals surface area contributed by atoms with Crippen molar-refractivity contribution in [1.29, 1.82) is 0 Å². The SMILES string of the molecule is C1=Cc2sc3c(-c4ccc5c(c4)C4(c6ccccc6Oc6ccccc64)c4ccc6ccccc6c4-5)nc(-c4cc5ccccc5c5ccccc45)nc3c2CC1. The molecule has 0 amide bonds. The van der Waals surface area contributed by atoms with Crippen molar-refractivity contribution in [2.75, 3.05) is 0 Å². The number of para-hydroxylation sites is 2. The molecule has 0 bridgehead atoms. The van der Waals surface area contributed by atoms with E-state index in [1.807, 2.05) is 11.3 Å². The fraction of sp³-hybridized carbons (Fsp3) is 0.0566. The molecule has 13 rings (SSSR count). The summed E-state index contributed by atoms with van der Waals surface area (Å²) in [5, 5.41) is 7.30. The lowest BCUT2D eigenvalue weighted by molar-refractivity contribution is 0.436. The van der Waals surface area contributed by atoms with Crippen molar-refractivity contribution in [3.8, 4) is 45.3 Å². The normalized spacial score (nSPS) is 14.4. The van der Waals surface area contributed by atoms with Crippen molar-refractivity contribution < 1.29 is 4.74 Å². The first-order valence-corrected chi connectivity index (χ1v) is 20.5. The summed E-state index contributed by atoms with van der Waals surface area (Å²) in [5.74, 6) is 2.54. The molecule has 266 valence electrons. The molecule has 0 N–H and O–H groups in total. The van der Waals surface area contributed by atoms with Crippen LogP contribution in [0.4, 0.5) is 0 Å². The molecule has 3 nitrogen and oxygen atoms in total. The Kier molecular flexibility index (Phi) is 6.36. The Morgan fingerprint density at radius 3 is 2.07 bits per heavy atom. The molecule has 3 aliphatic rings. The molecule has 10 aromatic rings. The highest BCUT2D eigenvalue weighted by molar-refractivity contribution is 7.20. The van der Waals surface area contributed by atoms with E-state index in [9.17, 15) is 0 Å². The highest BCUT2D eigenvalue weighted by atomic mass is 32.1. The number of hydrogen-bond donors (Lipinski definition) is 0. The molecule has 0 fully saturated rings. The van der Waals surface area contributed by atoms with Gasteiger partial charge < -0.3 is 4.74 Å². The maximum atomic E-state index is 6.71. The highest BCUT2D eigenvalue weighted by Crippen LogP contribution is 2.63. The lowest BCUT2D eigenvalue weighted by atomic mass is 9.66. The van der Waals surface area contributed by atoms with Crippen molar-refractivity contribution in [3.63, 3.8) is 0 Å². The predicted molar refractivity (Wildman–Crippen MR) is 236 cm³/mol. The van der Waals surface area contributed by atoms with Crippen molar-refractivity contribution in [3.05, 3.63) is 196 Å². The van der Waals surface area contributed by atoms with Crippen LogP contribution in [0.5, 0.6) is 11.5 Å². The van der Waals surface area contributed by atoms with E-state index in [0.29, 0.717) is 0 Å². The van der Waals surface area contributed by atoms with Crippen LogP contribution in [0.15, 0.2) is 164 Å². The van der Waals surface area contributed by atoms with E-state index in [0.717, 1.165) is 73.7 Å². The van der Waals surface area contributed by atoms with E-state index >= 15 is 0 Å². The standard InChI is InChI=1S/C53H32N2OS/c1-4-16-35-31(13-1)26-28-43-48(35)38-27-25-33(30-44(38)53(43)41-20-8-10-22-45(41)56-46-23-11-9-21-42(46)53)49-51-50(39-19-7-12-24-47(39)57-51)55-52(54-49)40-29-32-14-2-3-15-34(32)36-17-5-6-18-37(36)40/h1-6,8-18,20-30H,7,19H2. The first-order valence-electron chi connectivity index (χ1n) is 19.7. The van der Waals surface area contributed by atoms with Gasteiger partial charge in [-0.1, -0.05) is 140 Å². The number of ether oxygens (including phenoxy) is 1. The first kappa shape index (κ1) is 31.3. The summed E-state index contributed by atoms with van der Waals surface area (Å²) in [7, 11) is 0. The fourth-order valence-corrected chi connectivity index (χ4v) is 11.4. The molecular weight excluding hydrogens is 713 g/mol. The summed E-state index contributed by atoms with van der Waals surface area (Å²) in [6.07, 6.45) is 6.57. The molecule has 57 heavy (non-hydrogen) atoms. The number of allylic oxidation sites excluding steroid dienone is 1. The van der Waals surface area contributed by atoms with Crippen LogP contribution in [0.25, 0.3) is 82.4 Å². The Morgan fingerprint density at radius 1 is 0.544 bits per heavy atom. The molecule has 1 aliphatic heterocycles. The van der Waals surface area contributed by atoms with Crippen molar-refractivity contribution in [1.82, 2.24) is 9.97 Å². The van der Waals surface area contributed by atoms with Crippen LogP contribution in [0.2, 0.25) is 0 Å². The zero-order valence-electron chi connectivity index (χ0n) is 30.8. The van der Waals surface area contributed by atoms with E-state index in [1.165, 1.54) is 59.6 Å². The van der Waals surface area contributed by atoms with Gasteiger partial charge in [0.2, 0.25) is 0 Å². The van der Waals surface area contributed by atoms with Crippen LogP contribution in [0.1, 0.15) is 39.1 Å². The molecule has 2 aliphatic carbocycles. The summed E-state index contributed by atoms with van der Waals surface area (Å²) < 4.78 is 7.85. The Morgan fingerprint density at radius 2 is 1.25 bits per heavy atom. The number of nitrogens with zero attached hydrogens (tertiary/aromatic N) is 2. The topological polar surface area (TPSA) is 35.0 Å². The van der Waals surface area contributed by atoms with Gasteiger partial charge in [0.25, 0.3) is 0 Å². The monoisotopic (exact) mass is 744 g/mol. The van der Waals surface area contributed by atoms with E-state index in [-0.39, 0.29) is 0 Å². The third-order valence-corrected chi connectivity index (χ3v) is 13.8. The minimum absolute atomic E-state index is 0.600. The van der Waals surface area contributed by atoms with E-state index in [1.54, 1.807) is 0 Å². The Bertz CT molecular complexity index is 3360. The van der Waals surface area contributed by atoms with Crippen LogP contribution in [-0.4, -0.2) is 9.97 Å². The second-order valence-electron chi connectivity index (χ2n) is 15.5. The molecule has 0 radical (unpaired) electrons. The third-order valence-electron chi connectivity index (χ3n) is 12.6. The maximum absolute atomic E-state index is 6.71. The quantitative estimate of drug-likeness (QED) is 0.165. The Balaban J connectivity index is 1.14. The number of thiophene rings is 1. The zero-order valence-corrected chi connectivity index (χ0v) is 31.6. The predicted octanol–water partition coefficient (Wildman–Crippen LogP) is 13.9. The van der Waals surface area contributed by atoms with Crippen LogP contribution in [0.3, 0.4) is 0 Å². The number of hydrogen-bond acceptors (Lipinski definition) is 4. The van der Waals surface area contributed by atoms with E-state index in [4.69, 9.17) is 14.7 Å². The second kappa shape index (κ2) is 11.6. The lowest BCUT2D eigenvalue weighted by Gasteiger charge is -2.39. The number of benzene rings is 8. The molecule has 8 aromatic carbocycles. The van der Waals surface area contributed by atoms with Gasteiger partial charge in [0.1, 0.15) is 11.5 Å². The van der Waals surface area contributed by atoms with Gasteiger partial charge in [-0.25, -0.2) is 9.97 Å². The molecule has 2 aromatic heterocycles. The number of fused-ring (bicyclic) bond motifs is 17. The number of rotatable bonds is 2. The van der Waals surface area contributed by atoms with Gasteiger partial charge in [0, 0.05) is 27.1 Å². The van der Waals surface area contributed by atoms with Gasteiger partial charge >= 0.3 is 0 Å². The fourth-order valence-electron chi connectivity index (χ4n) is 10.2. The van der Waals surface area contributed by atoms with Gasteiger partial charge in [0.05, 0.1) is 21.3 Å². The highest BCUT2D eigenvalue weighted by Gasteiger charge is 2.51. The molecule has 0 saturated heterocycles. The van der Waals surface area contributed by atoms with Crippen molar-refractivity contribution >= 4 is 59.9 Å². The third kappa shape index (κ3) is 4.20. The first-order chi connectivity index (χ1) is 28.3. The van der Waals surface area contributed by atoms with Gasteiger partial charge in [-0.05, 0) is 103 Å². The molecule has 0 atom stereocenters. The van der Waals surface area contributed by atoms with Crippen molar-refractivity contribution in [2.45, 2.75) is 18.3 Å². The van der Waals surface area contributed by atoms with Gasteiger partial charge in [-0.3, -0.25) is 0 Å². The molecular formula is C53H32N2OS. The smallest absolute Gasteiger partial charge is 0.161 e. The summed E-state index contributed by atoms with van der Waals surface area (Å²) >= 11 is 1.83. The number of aromatic nitrogens is 2. The molecule has 4 heteroatoms. The van der Waals surface area contributed by atoms with Gasteiger partial charge in [-0.15, -0.1) is 11.3 Å². The average molecular weight is 745 g/mol. The van der Waals surface area contributed by atoms with E-state index in [2.05, 4.69) is 170 Å². The van der Waals surface area contributed by atoms with E-state index < -0.39 is 5.41 Å². The molecule has 1 spiro atoms. The lowest BCUT2D eigenvalue weighted by Crippen LogP contribution is -2.32. The minimum Gasteiger partial charge on any atom is -0.457 e. The average Bonchev–Trinajstić information content (AvgIpc) is 3.80. The molecule has 0 unspecified atom stereocenters. The molecule has 3 heterocycles. The zero-order chi connectivity index (χ0) is 37.2.